The van der Waals surface area contributed by atoms with Crippen LogP contribution in [0.15, 0.2) is 18.2 Å². The summed E-state index contributed by atoms with van der Waals surface area (Å²) in [6, 6.07) is 4.78. The first-order chi connectivity index (χ1) is 9.08. The van der Waals surface area contributed by atoms with Crippen molar-refractivity contribution in [3.05, 3.63) is 28.3 Å². The number of non-ortho nitro benzene ring substituents is 1. The van der Waals surface area contributed by atoms with Gasteiger partial charge in [0.05, 0.1) is 11.0 Å². The van der Waals surface area contributed by atoms with Crippen molar-refractivity contribution >= 4 is 11.4 Å². The summed E-state index contributed by atoms with van der Waals surface area (Å²) in [6.45, 7) is 2.00. The number of nitrogens with one attached hydrogen (secondary N) is 1. The van der Waals surface area contributed by atoms with Gasteiger partial charge < -0.3 is 15.0 Å². The lowest BCUT2D eigenvalue weighted by Crippen LogP contribution is -2.35. The van der Waals surface area contributed by atoms with E-state index in [4.69, 9.17) is 4.74 Å². The second-order valence-electron chi connectivity index (χ2n) is 4.84. The molecule has 0 radical (unpaired) electrons. The number of ether oxygens (including phenoxy) is 1. The van der Waals surface area contributed by atoms with Gasteiger partial charge in [-0.1, -0.05) is 0 Å². The quantitative estimate of drug-likeness (QED) is 0.667. The van der Waals surface area contributed by atoms with Crippen LogP contribution in [0.1, 0.15) is 12.8 Å². The second kappa shape index (κ2) is 5.88. The van der Waals surface area contributed by atoms with Gasteiger partial charge in [-0.15, -0.1) is 0 Å². The second-order valence-corrected chi connectivity index (χ2v) is 4.84. The highest BCUT2D eigenvalue weighted by molar-refractivity contribution is 5.56. The van der Waals surface area contributed by atoms with Gasteiger partial charge in [0, 0.05) is 38.0 Å². The van der Waals surface area contributed by atoms with Crippen LogP contribution in [0.2, 0.25) is 0 Å². The van der Waals surface area contributed by atoms with Gasteiger partial charge >= 0.3 is 0 Å². The fourth-order valence-corrected chi connectivity index (χ4v) is 2.20. The first-order valence-electron chi connectivity index (χ1n) is 6.41. The van der Waals surface area contributed by atoms with E-state index in [1.807, 2.05) is 0 Å². The first kappa shape index (κ1) is 13.6. The average Bonchev–Trinajstić information content (AvgIpc) is 2.41. The van der Waals surface area contributed by atoms with Crippen molar-refractivity contribution in [3.63, 3.8) is 0 Å². The third-order valence-electron chi connectivity index (χ3n) is 3.36. The van der Waals surface area contributed by atoms with Crippen molar-refractivity contribution in [2.45, 2.75) is 18.9 Å². The van der Waals surface area contributed by atoms with Crippen LogP contribution in [0, 0.1) is 10.1 Å². The molecule has 0 unspecified atom stereocenters. The number of anilines is 1. The molecule has 1 fully saturated rings. The van der Waals surface area contributed by atoms with Crippen LogP contribution in [-0.4, -0.2) is 43.1 Å². The van der Waals surface area contributed by atoms with E-state index < -0.39 is 4.92 Å². The summed E-state index contributed by atoms with van der Waals surface area (Å²) >= 11 is 0. The number of benzene rings is 1. The van der Waals surface area contributed by atoms with Crippen LogP contribution in [0.3, 0.4) is 0 Å². The molecular formula is C13H19N3O3. The van der Waals surface area contributed by atoms with E-state index in [-0.39, 0.29) is 11.8 Å². The van der Waals surface area contributed by atoms with E-state index in [1.165, 1.54) is 12.1 Å². The normalized spacial score (nSPS) is 17.2. The predicted molar refractivity (Wildman–Crippen MR) is 73.8 cm³/mol. The van der Waals surface area contributed by atoms with Gasteiger partial charge in [0.1, 0.15) is 11.9 Å². The fourth-order valence-electron chi connectivity index (χ4n) is 2.20. The number of rotatable bonds is 4. The molecule has 0 amide bonds. The highest BCUT2D eigenvalue weighted by atomic mass is 16.6. The fraction of sp³-hybridized carbons (Fsp3) is 0.538. The van der Waals surface area contributed by atoms with Crippen molar-refractivity contribution in [2.75, 3.05) is 32.5 Å². The third kappa shape index (κ3) is 3.57. The number of nitrogens with zero attached hydrogens (tertiary/aromatic N) is 2. The Kier molecular flexibility index (Phi) is 4.21. The zero-order valence-corrected chi connectivity index (χ0v) is 11.3. The molecule has 19 heavy (non-hydrogen) atoms. The first-order valence-corrected chi connectivity index (χ1v) is 6.41. The molecule has 1 N–H and O–H groups in total. The van der Waals surface area contributed by atoms with E-state index in [1.54, 1.807) is 13.1 Å². The lowest BCUT2D eigenvalue weighted by atomic mass is 10.1. The van der Waals surface area contributed by atoms with Gasteiger partial charge in [-0.25, -0.2) is 0 Å². The number of likely N-dealkylation sites (tertiary alicyclic amines) is 1. The molecule has 1 saturated heterocycles. The summed E-state index contributed by atoms with van der Waals surface area (Å²) < 4.78 is 5.87. The lowest BCUT2D eigenvalue weighted by molar-refractivity contribution is -0.384. The maximum atomic E-state index is 10.9. The summed E-state index contributed by atoms with van der Waals surface area (Å²) in [7, 11) is 3.82. The van der Waals surface area contributed by atoms with Crippen LogP contribution < -0.4 is 10.1 Å². The number of hydrogen-bond acceptors (Lipinski definition) is 5. The Labute approximate surface area is 112 Å². The van der Waals surface area contributed by atoms with E-state index in [0.717, 1.165) is 25.9 Å². The summed E-state index contributed by atoms with van der Waals surface area (Å²) in [5.74, 6) is 0.563. The molecule has 0 saturated carbocycles. The molecule has 1 aromatic carbocycles. The topological polar surface area (TPSA) is 67.6 Å². The largest absolute Gasteiger partial charge is 0.490 e. The molecule has 1 aliphatic rings. The zero-order valence-electron chi connectivity index (χ0n) is 11.3. The minimum Gasteiger partial charge on any atom is -0.490 e. The molecule has 0 bridgehead atoms. The Morgan fingerprint density at radius 1 is 1.37 bits per heavy atom. The minimum atomic E-state index is -0.400. The standard InChI is InChI=1S/C13H19N3O3/c1-14-10-7-11(16(17)18)9-13(8-10)19-12-3-5-15(2)6-4-12/h7-9,12,14H,3-6H2,1-2H3. The predicted octanol–water partition coefficient (Wildman–Crippen LogP) is 2.11. The van der Waals surface area contributed by atoms with E-state index in [9.17, 15) is 10.1 Å². The lowest BCUT2D eigenvalue weighted by Gasteiger charge is -2.29. The highest BCUT2D eigenvalue weighted by Gasteiger charge is 2.19. The molecule has 6 nitrogen and oxygen atoms in total. The Balaban J connectivity index is 2.10. The van der Waals surface area contributed by atoms with Crippen LogP contribution >= 0.6 is 0 Å². The molecule has 0 aromatic heterocycles. The van der Waals surface area contributed by atoms with Crippen LogP contribution in [0.4, 0.5) is 11.4 Å². The summed E-state index contributed by atoms with van der Waals surface area (Å²) in [6.07, 6.45) is 2.05. The molecular weight excluding hydrogens is 246 g/mol. The highest BCUT2D eigenvalue weighted by Crippen LogP contribution is 2.27. The minimum absolute atomic E-state index is 0.0507. The van der Waals surface area contributed by atoms with E-state index >= 15 is 0 Å². The zero-order chi connectivity index (χ0) is 13.8. The van der Waals surface area contributed by atoms with Crippen molar-refractivity contribution in [3.8, 4) is 5.75 Å². The molecule has 1 heterocycles. The average molecular weight is 265 g/mol. The van der Waals surface area contributed by atoms with E-state index in [0.29, 0.717) is 11.4 Å². The van der Waals surface area contributed by atoms with Crippen molar-refractivity contribution < 1.29 is 9.66 Å². The monoisotopic (exact) mass is 265 g/mol. The van der Waals surface area contributed by atoms with Crippen LogP contribution in [0.25, 0.3) is 0 Å². The third-order valence-corrected chi connectivity index (χ3v) is 3.36. The SMILES string of the molecule is CNc1cc(OC2CCN(C)CC2)cc([N+](=O)[O-])c1. The Morgan fingerprint density at radius 2 is 2.05 bits per heavy atom. The number of nitro groups is 1. The van der Waals surface area contributed by atoms with Gasteiger partial charge in [-0.3, -0.25) is 10.1 Å². The molecule has 1 aromatic rings. The molecule has 0 atom stereocenters. The van der Waals surface area contributed by atoms with Crippen molar-refractivity contribution in [2.24, 2.45) is 0 Å². The van der Waals surface area contributed by atoms with Gasteiger partial charge in [-0.2, -0.15) is 0 Å². The summed E-state index contributed by atoms with van der Waals surface area (Å²) in [4.78, 5) is 12.7. The Morgan fingerprint density at radius 3 is 2.63 bits per heavy atom. The van der Waals surface area contributed by atoms with E-state index in [2.05, 4.69) is 17.3 Å². The molecule has 2 rings (SSSR count). The molecule has 104 valence electrons. The van der Waals surface area contributed by atoms with Crippen LogP contribution in [-0.2, 0) is 0 Å². The maximum absolute atomic E-state index is 10.9. The van der Waals surface area contributed by atoms with Gasteiger partial charge in [0.25, 0.3) is 5.69 Å². The van der Waals surface area contributed by atoms with Crippen LogP contribution in [0.5, 0.6) is 5.75 Å². The molecule has 1 aliphatic heterocycles. The Bertz CT molecular complexity index is 456. The number of hydrogen-bond donors (Lipinski definition) is 1. The number of nitro benzene ring substituents is 1. The summed E-state index contributed by atoms with van der Waals surface area (Å²) in [5, 5.41) is 13.8. The van der Waals surface area contributed by atoms with Gasteiger partial charge in [0.15, 0.2) is 0 Å². The smallest absolute Gasteiger partial charge is 0.275 e. The molecule has 0 spiro atoms. The van der Waals surface area contributed by atoms with Gasteiger partial charge in [-0.05, 0) is 19.9 Å². The summed E-state index contributed by atoms with van der Waals surface area (Å²) in [5.41, 5.74) is 0.743. The van der Waals surface area contributed by atoms with Crippen molar-refractivity contribution in [1.29, 1.82) is 0 Å². The Hall–Kier alpha value is -1.82. The number of piperidine rings is 1. The van der Waals surface area contributed by atoms with Gasteiger partial charge in [0.2, 0.25) is 0 Å². The van der Waals surface area contributed by atoms with Crippen molar-refractivity contribution in [1.82, 2.24) is 4.90 Å². The maximum Gasteiger partial charge on any atom is 0.275 e. The molecule has 0 aliphatic carbocycles. The molecule has 6 heteroatoms.